The van der Waals surface area contributed by atoms with Crippen molar-refractivity contribution in [3.8, 4) is 16.9 Å². The molecule has 0 bridgehead atoms. The van der Waals surface area contributed by atoms with Crippen LogP contribution >= 0.6 is 0 Å². The van der Waals surface area contributed by atoms with Gasteiger partial charge in [-0.05, 0) is 45.5 Å². The highest BCUT2D eigenvalue weighted by Gasteiger charge is 2.23. The standard InChI is InChI=1S/C36H30O3/c1-37-34-22-27(24-38-23-26-11-5-2-6-12-26)21-32-33(25-39-36(32)34)35(30-15-9-4-10-16-30)31-19-17-29(18-20-31)28-13-7-3-8-14-28/h2-22,25,35H,23-24H2,1H3. The molecule has 0 spiro atoms. The summed E-state index contributed by atoms with van der Waals surface area (Å²) < 4.78 is 18.0. The van der Waals surface area contributed by atoms with E-state index >= 15 is 0 Å². The number of rotatable bonds is 9. The van der Waals surface area contributed by atoms with Crippen molar-refractivity contribution < 1.29 is 13.9 Å². The number of benzene rings is 5. The average Bonchev–Trinajstić information content (AvgIpc) is 3.42. The maximum Gasteiger partial charge on any atom is 0.176 e. The molecule has 0 saturated carbocycles. The number of furan rings is 1. The minimum absolute atomic E-state index is 0.00228. The van der Waals surface area contributed by atoms with E-state index in [1.54, 1.807) is 7.11 Å². The van der Waals surface area contributed by atoms with Crippen molar-refractivity contribution in [2.75, 3.05) is 7.11 Å². The smallest absolute Gasteiger partial charge is 0.176 e. The van der Waals surface area contributed by atoms with Gasteiger partial charge in [0.05, 0.1) is 26.6 Å². The summed E-state index contributed by atoms with van der Waals surface area (Å²) in [6.07, 6.45) is 1.88. The number of methoxy groups -OCH3 is 1. The number of ether oxygens (including phenoxy) is 2. The first-order valence-corrected chi connectivity index (χ1v) is 13.2. The molecule has 6 aromatic rings. The third kappa shape index (κ3) is 5.36. The van der Waals surface area contributed by atoms with Crippen molar-refractivity contribution in [2.45, 2.75) is 19.1 Å². The fourth-order valence-corrected chi connectivity index (χ4v) is 5.20. The Morgan fingerprint density at radius 2 is 1.21 bits per heavy atom. The maximum atomic E-state index is 6.15. The van der Waals surface area contributed by atoms with E-state index in [9.17, 15) is 0 Å². The largest absolute Gasteiger partial charge is 0.493 e. The van der Waals surface area contributed by atoms with Gasteiger partial charge in [-0.1, -0.05) is 115 Å². The van der Waals surface area contributed by atoms with E-state index < -0.39 is 0 Å². The van der Waals surface area contributed by atoms with Gasteiger partial charge in [-0.3, -0.25) is 0 Å². The zero-order chi connectivity index (χ0) is 26.4. The fraction of sp³-hybridized carbons (Fsp3) is 0.111. The predicted molar refractivity (Wildman–Crippen MR) is 157 cm³/mol. The average molecular weight is 511 g/mol. The lowest BCUT2D eigenvalue weighted by molar-refractivity contribution is 0.107. The van der Waals surface area contributed by atoms with Crippen LogP contribution in [0.25, 0.3) is 22.1 Å². The van der Waals surface area contributed by atoms with E-state index in [4.69, 9.17) is 13.9 Å². The van der Waals surface area contributed by atoms with Crippen LogP contribution in [0.4, 0.5) is 0 Å². The first-order chi connectivity index (χ1) is 19.3. The normalized spacial score (nSPS) is 11.9. The third-order valence-electron chi connectivity index (χ3n) is 7.12. The zero-order valence-corrected chi connectivity index (χ0v) is 21.9. The second-order valence-corrected chi connectivity index (χ2v) is 9.68. The Balaban J connectivity index is 1.38. The third-order valence-corrected chi connectivity index (χ3v) is 7.12. The SMILES string of the molecule is COc1cc(COCc2ccccc2)cc2c(C(c3ccccc3)c3ccc(-c4ccccc4)cc3)coc12. The molecule has 3 heteroatoms. The lowest BCUT2D eigenvalue weighted by Gasteiger charge is -2.18. The molecule has 1 atom stereocenters. The van der Waals surface area contributed by atoms with Gasteiger partial charge in [-0.15, -0.1) is 0 Å². The monoisotopic (exact) mass is 510 g/mol. The van der Waals surface area contributed by atoms with E-state index in [1.165, 1.54) is 22.3 Å². The molecule has 1 heterocycles. The molecule has 3 nitrogen and oxygen atoms in total. The first kappa shape index (κ1) is 24.7. The van der Waals surface area contributed by atoms with Crippen LogP contribution in [-0.2, 0) is 18.0 Å². The van der Waals surface area contributed by atoms with Crippen molar-refractivity contribution in [3.63, 3.8) is 0 Å². The van der Waals surface area contributed by atoms with Crippen LogP contribution in [0.2, 0.25) is 0 Å². The van der Waals surface area contributed by atoms with Gasteiger partial charge in [0, 0.05) is 16.9 Å². The summed E-state index contributed by atoms with van der Waals surface area (Å²) in [5, 5.41) is 1.04. The topological polar surface area (TPSA) is 31.6 Å². The van der Waals surface area contributed by atoms with Crippen LogP contribution in [-0.4, -0.2) is 7.11 Å². The molecule has 5 aromatic carbocycles. The Morgan fingerprint density at radius 1 is 0.615 bits per heavy atom. The van der Waals surface area contributed by atoms with E-state index in [-0.39, 0.29) is 5.92 Å². The molecular weight excluding hydrogens is 480 g/mol. The molecule has 1 unspecified atom stereocenters. The Labute approximate surface area is 229 Å². The molecule has 0 radical (unpaired) electrons. The molecule has 192 valence electrons. The predicted octanol–water partition coefficient (Wildman–Crippen LogP) is 9.01. The van der Waals surface area contributed by atoms with Crippen LogP contribution < -0.4 is 4.74 Å². The quantitative estimate of drug-likeness (QED) is 0.194. The Morgan fingerprint density at radius 3 is 1.90 bits per heavy atom. The molecule has 6 rings (SSSR count). The summed E-state index contributed by atoms with van der Waals surface area (Å²) in [6, 6.07) is 44.3. The number of fused-ring (bicyclic) bond motifs is 1. The molecule has 0 fully saturated rings. The highest BCUT2D eigenvalue weighted by Crippen LogP contribution is 2.41. The number of hydrogen-bond acceptors (Lipinski definition) is 3. The minimum atomic E-state index is 0.00228. The second-order valence-electron chi connectivity index (χ2n) is 9.68. The molecule has 0 aliphatic rings. The van der Waals surface area contributed by atoms with Crippen LogP contribution in [0.15, 0.2) is 138 Å². The van der Waals surface area contributed by atoms with E-state index in [0.717, 1.165) is 27.7 Å². The van der Waals surface area contributed by atoms with Crippen LogP contribution in [0.1, 0.15) is 33.7 Å². The minimum Gasteiger partial charge on any atom is -0.493 e. The van der Waals surface area contributed by atoms with Gasteiger partial charge in [0.1, 0.15) is 0 Å². The summed E-state index contributed by atoms with van der Waals surface area (Å²) in [7, 11) is 1.68. The van der Waals surface area contributed by atoms with Gasteiger partial charge in [0.15, 0.2) is 11.3 Å². The van der Waals surface area contributed by atoms with Gasteiger partial charge in [-0.25, -0.2) is 0 Å². The second kappa shape index (κ2) is 11.4. The molecular formula is C36H30O3. The Kier molecular flexibility index (Phi) is 7.24. The Bertz CT molecular complexity index is 1640. The van der Waals surface area contributed by atoms with Gasteiger partial charge in [-0.2, -0.15) is 0 Å². The molecule has 1 aromatic heterocycles. The van der Waals surface area contributed by atoms with E-state index in [2.05, 4.69) is 97.1 Å². The number of hydrogen-bond donors (Lipinski definition) is 0. The van der Waals surface area contributed by atoms with Crippen molar-refractivity contribution in [2.24, 2.45) is 0 Å². The van der Waals surface area contributed by atoms with Crippen molar-refractivity contribution >= 4 is 11.0 Å². The van der Waals surface area contributed by atoms with Gasteiger partial charge >= 0.3 is 0 Å². The van der Waals surface area contributed by atoms with Crippen molar-refractivity contribution in [1.29, 1.82) is 0 Å². The molecule has 0 N–H and O–H groups in total. The molecule has 0 aliphatic carbocycles. The summed E-state index contributed by atoms with van der Waals surface area (Å²) in [5.41, 5.74) is 8.86. The van der Waals surface area contributed by atoms with E-state index in [1.807, 2.05) is 36.6 Å². The molecule has 0 saturated heterocycles. The van der Waals surface area contributed by atoms with Crippen molar-refractivity contribution in [3.05, 3.63) is 161 Å². The molecule has 39 heavy (non-hydrogen) atoms. The molecule has 0 aliphatic heterocycles. The van der Waals surface area contributed by atoms with Crippen LogP contribution in [0.5, 0.6) is 5.75 Å². The van der Waals surface area contributed by atoms with E-state index in [0.29, 0.717) is 19.0 Å². The van der Waals surface area contributed by atoms with Crippen molar-refractivity contribution in [1.82, 2.24) is 0 Å². The molecule has 0 amide bonds. The van der Waals surface area contributed by atoms with Gasteiger partial charge in [0.25, 0.3) is 0 Å². The fourth-order valence-electron chi connectivity index (χ4n) is 5.20. The highest BCUT2D eigenvalue weighted by atomic mass is 16.5. The van der Waals surface area contributed by atoms with Crippen LogP contribution in [0, 0.1) is 0 Å². The van der Waals surface area contributed by atoms with Gasteiger partial charge < -0.3 is 13.9 Å². The Hall–Kier alpha value is -4.60. The summed E-state index contributed by atoms with van der Waals surface area (Å²) in [4.78, 5) is 0. The maximum absolute atomic E-state index is 6.15. The zero-order valence-electron chi connectivity index (χ0n) is 21.9. The lowest BCUT2D eigenvalue weighted by atomic mass is 9.84. The lowest BCUT2D eigenvalue weighted by Crippen LogP contribution is -2.03. The summed E-state index contributed by atoms with van der Waals surface area (Å²) in [5.74, 6) is 0.714. The summed E-state index contributed by atoms with van der Waals surface area (Å²) in [6.45, 7) is 1.04. The highest BCUT2D eigenvalue weighted by molar-refractivity contribution is 5.88. The summed E-state index contributed by atoms with van der Waals surface area (Å²) >= 11 is 0. The first-order valence-electron chi connectivity index (χ1n) is 13.2. The van der Waals surface area contributed by atoms with Gasteiger partial charge in [0.2, 0.25) is 0 Å². The van der Waals surface area contributed by atoms with Crippen LogP contribution in [0.3, 0.4) is 0 Å².